The topological polar surface area (TPSA) is 68.3 Å². The summed E-state index contributed by atoms with van der Waals surface area (Å²) in [6.45, 7) is 0. The number of nitrogens with two attached hydrogens (primary N) is 1. The van der Waals surface area contributed by atoms with Crippen LogP contribution in [-0.4, -0.2) is 22.5 Å². The lowest BCUT2D eigenvalue weighted by Crippen LogP contribution is -2.28. The van der Waals surface area contributed by atoms with Crippen LogP contribution in [0.4, 0.5) is 5.69 Å². The maximum absolute atomic E-state index is 12.4. The molecule has 1 aromatic carbocycles. The second-order valence-corrected chi connectivity index (χ2v) is 5.08. The molecular formula is C15H15N3O2S. The van der Waals surface area contributed by atoms with Gasteiger partial charge in [-0.2, -0.15) is 0 Å². The van der Waals surface area contributed by atoms with E-state index < -0.39 is 0 Å². The Morgan fingerprint density at radius 3 is 2.33 bits per heavy atom. The first-order chi connectivity index (χ1) is 9.90. The third-order valence-corrected chi connectivity index (χ3v) is 3.43. The van der Waals surface area contributed by atoms with Gasteiger partial charge in [-0.1, -0.05) is 12.2 Å². The molecule has 0 bridgehead atoms. The zero-order valence-corrected chi connectivity index (χ0v) is 12.6. The maximum atomic E-state index is 12.4. The van der Waals surface area contributed by atoms with Gasteiger partial charge in [-0.05, 0) is 30.3 Å². The smallest absolute Gasteiger partial charge is 0.258 e. The number of pyridine rings is 1. The fourth-order valence-corrected chi connectivity index (χ4v) is 1.98. The molecule has 21 heavy (non-hydrogen) atoms. The van der Waals surface area contributed by atoms with Crippen LogP contribution in [0.1, 0.15) is 15.9 Å². The number of hydrogen-bond acceptors (Lipinski definition) is 3. The molecule has 0 atom stereocenters. The summed E-state index contributed by atoms with van der Waals surface area (Å²) in [6, 6.07) is 9.96. The Labute approximate surface area is 127 Å². The number of aromatic nitrogens is 1. The van der Waals surface area contributed by atoms with Gasteiger partial charge >= 0.3 is 0 Å². The predicted octanol–water partition coefficient (Wildman–Crippen LogP) is 1.30. The number of carbonyl (C=O) groups is 1. The van der Waals surface area contributed by atoms with E-state index in [0.717, 1.165) is 5.56 Å². The van der Waals surface area contributed by atoms with Crippen molar-refractivity contribution < 1.29 is 4.79 Å². The second-order valence-electron chi connectivity index (χ2n) is 4.64. The molecule has 1 amide bonds. The molecule has 0 aliphatic carbocycles. The Bertz CT molecular complexity index is 750. The first kappa shape index (κ1) is 14.9. The van der Waals surface area contributed by atoms with Crippen molar-refractivity contribution in [2.45, 2.75) is 0 Å². The standard InChI is InChI=1S/C15H15N3O2S/c1-17-8-7-11(9-13(17)19)15(20)18(2)12-5-3-10(4-6-12)14(16)21/h3-9H,1-2H3,(H2,16,21). The number of carbonyl (C=O) groups excluding carboxylic acids is 1. The molecule has 0 aliphatic heterocycles. The first-order valence-electron chi connectivity index (χ1n) is 6.25. The number of nitrogens with zero attached hydrogens (tertiary/aromatic N) is 2. The van der Waals surface area contributed by atoms with Gasteiger partial charge < -0.3 is 15.2 Å². The SMILES string of the molecule is CN(C(=O)c1ccn(C)c(=O)c1)c1ccc(C(N)=S)cc1. The van der Waals surface area contributed by atoms with Gasteiger partial charge in [0.2, 0.25) is 0 Å². The lowest BCUT2D eigenvalue weighted by Gasteiger charge is -2.17. The van der Waals surface area contributed by atoms with Crippen LogP contribution in [0, 0.1) is 0 Å². The van der Waals surface area contributed by atoms with Crippen molar-refractivity contribution in [2.75, 3.05) is 11.9 Å². The van der Waals surface area contributed by atoms with E-state index in [2.05, 4.69) is 0 Å². The zero-order valence-electron chi connectivity index (χ0n) is 11.7. The van der Waals surface area contributed by atoms with Crippen molar-refractivity contribution in [3.8, 4) is 0 Å². The number of thiocarbonyl (C=S) groups is 1. The summed E-state index contributed by atoms with van der Waals surface area (Å²) >= 11 is 4.89. The van der Waals surface area contributed by atoms with Crippen LogP contribution in [0.25, 0.3) is 0 Å². The van der Waals surface area contributed by atoms with E-state index in [0.29, 0.717) is 16.2 Å². The Morgan fingerprint density at radius 2 is 1.81 bits per heavy atom. The molecule has 0 fully saturated rings. The van der Waals surface area contributed by atoms with E-state index in [1.54, 1.807) is 50.6 Å². The third-order valence-electron chi connectivity index (χ3n) is 3.20. The highest BCUT2D eigenvalue weighted by Crippen LogP contribution is 2.16. The van der Waals surface area contributed by atoms with E-state index in [1.165, 1.54) is 15.5 Å². The molecule has 0 saturated heterocycles. The van der Waals surface area contributed by atoms with E-state index >= 15 is 0 Å². The molecule has 108 valence electrons. The van der Waals surface area contributed by atoms with Gasteiger partial charge in [0, 0.05) is 43.2 Å². The molecule has 0 saturated carbocycles. The summed E-state index contributed by atoms with van der Waals surface area (Å²) in [4.78, 5) is 25.7. The molecule has 0 unspecified atom stereocenters. The molecule has 6 heteroatoms. The summed E-state index contributed by atoms with van der Waals surface area (Å²) in [5, 5.41) is 0. The molecule has 0 aliphatic rings. The molecule has 2 aromatic rings. The van der Waals surface area contributed by atoms with E-state index in [4.69, 9.17) is 18.0 Å². The van der Waals surface area contributed by atoms with Crippen molar-refractivity contribution in [1.29, 1.82) is 0 Å². The normalized spacial score (nSPS) is 10.2. The molecule has 1 aromatic heterocycles. The summed E-state index contributed by atoms with van der Waals surface area (Å²) < 4.78 is 1.41. The number of anilines is 1. The molecule has 2 N–H and O–H groups in total. The lowest BCUT2D eigenvalue weighted by atomic mass is 10.1. The molecule has 2 rings (SSSR count). The highest BCUT2D eigenvalue weighted by molar-refractivity contribution is 7.80. The van der Waals surface area contributed by atoms with Gasteiger partial charge in [-0.15, -0.1) is 0 Å². The fourth-order valence-electron chi connectivity index (χ4n) is 1.84. The van der Waals surface area contributed by atoms with Crippen LogP contribution in [0.15, 0.2) is 47.4 Å². The minimum absolute atomic E-state index is 0.224. The lowest BCUT2D eigenvalue weighted by molar-refractivity contribution is 0.0992. The third kappa shape index (κ3) is 3.17. The van der Waals surface area contributed by atoms with E-state index in [9.17, 15) is 9.59 Å². The molecule has 0 spiro atoms. The monoisotopic (exact) mass is 301 g/mol. The van der Waals surface area contributed by atoms with Gasteiger partial charge in [0.15, 0.2) is 0 Å². The highest BCUT2D eigenvalue weighted by atomic mass is 32.1. The van der Waals surface area contributed by atoms with Crippen LogP contribution >= 0.6 is 12.2 Å². The summed E-state index contributed by atoms with van der Waals surface area (Å²) in [7, 11) is 3.28. The quantitative estimate of drug-likeness (QED) is 0.868. The van der Waals surface area contributed by atoms with Crippen molar-refractivity contribution >= 4 is 28.8 Å². The number of amides is 1. The predicted molar refractivity (Wildman–Crippen MR) is 86.7 cm³/mol. The van der Waals surface area contributed by atoms with Crippen LogP contribution < -0.4 is 16.2 Å². The average Bonchev–Trinajstić information content (AvgIpc) is 2.48. The molecular weight excluding hydrogens is 286 g/mol. The minimum atomic E-state index is -0.254. The average molecular weight is 301 g/mol. The Morgan fingerprint density at radius 1 is 1.19 bits per heavy atom. The second kappa shape index (κ2) is 5.88. The van der Waals surface area contributed by atoms with Crippen molar-refractivity contribution in [3.05, 3.63) is 64.1 Å². The van der Waals surface area contributed by atoms with E-state index in [1.807, 2.05) is 0 Å². The number of benzene rings is 1. The largest absolute Gasteiger partial charge is 0.389 e. The number of aryl methyl sites for hydroxylation is 1. The van der Waals surface area contributed by atoms with Crippen LogP contribution in [0.5, 0.6) is 0 Å². The summed E-state index contributed by atoms with van der Waals surface area (Å²) in [6.07, 6.45) is 1.57. The highest BCUT2D eigenvalue weighted by Gasteiger charge is 2.14. The first-order valence-corrected chi connectivity index (χ1v) is 6.65. The number of rotatable bonds is 3. The Kier molecular flexibility index (Phi) is 4.18. The van der Waals surface area contributed by atoms with Gasteiger partial charge in [0.25, 0.3) is 11.5 Å². The maximum Gasteiger partial charge on any atom is 0.258 e. The van der Waals surface area contributed by atoms with Gasteiger partial charge in [-0.3, -0.25) is 9.59 Å². The van der Waals surface area contributed by atoms with Crippen LogP contribution in [0.2, 0.25) is 0 Å². The Balaban J connectivity index is 2.28. The summed E-state index contributed by atoms with van der Waals surface area (Å²) in [5.41, 5.74) is 7.09. The molecule has 1 heterocycles. The minimum Gasteiger partial charge on any atom is -0.389 e. The molecule has 0 radical (unpaired) electrons. The van der Waals surface area contributed by atoms with Crippen LogP contribution in [-0.2, 0) is 7.05 Å². The van der Waals surface area contributed by atoms with E-state index in [-0.39, 0.29) is 11.5 Å². The van der Waals surface area contributed by atoms with Crippen LogP contribution in [0.3, 0.4) is 0 Å². The van der Waals surface area contributed by atoms with Gasteiger partial charge in [0.1, 0.15) is 4.99 Å². The van der Waals surface area contributed by atoms with Crippen molar-refractivity contribution in [1.82, 2.24) is 4.57 Å². The molecule has 5 nitrogen and oxygen atoms in total. The summed E-state index contributed by atoms with van der Waals surface area (Å²) in [5.74, 6) is -0.254. The Hall–Kier alpha value is -2.47. The fraction of sp³-hybridized carbons (Fsp3) is 0.133. The van der Waals surface area contributed by atoms with Crippen molar-refractivity contribution in [2.24, 2.45) is 12.8 Å². The van der Waals surface area contributed by atoms with Crippen molar-refractivity contribution in [3.63, 3.8) is 0 Å². The number of hydrogen-bond donors (Lipinski definition) is 1. The zero-order chi connectivity index (χ0) is 15.6. The van der Waals surface area contributed by atoms with Gasteiger partial charge in [0.05, 0.1) is 0 Å². The van der Waals surface area contributed by atoms with Gasteiger partial charge in [-0.25, -0.2) is 0 Å².